The first-order valence-corrected chi connectivity index (χ1v) is 7.54. The molecule has 21 heavy (non-hydrogen) atoms. The fraction of sp³-hybridized carbons (Fsp3) is 0.625. The number of ether oxygens (including phenoxy) is 1. The van der Waals surface area contributed by atoms with Crippen LogP contribution in [-0.2, 0) is 9.53 Å². The first-order chi connectivity index (χ1) is 10.0. The van der Waals surface area contributed by atoms with Gasteiger partial charge in [-0.05, 0) is 31.7 Å². The molecule has 1 aromatic heterocycles. The van der Waals surface area contributed by atoms with Gasteiger partial charge in [0.1, 0.15) is 0 Å². The Balaban J connectivity index is 1.89. The summed E-state index contributed by atoms with van der Waals surface area (Å²) in [6, 6.07) is 0. The van der Waals surface area contributed by atoms with Crippen LogP contribution in [0.5, 0.6) is 0 Å². The van der Waals surface area contributed by atoms with Gasteiger partial charge in [-0.1, -0.05) is 13.0 Å². The van der Waals surface area contributed by atoms with Gasteiger partial charge in [0.25, 0.3) is 0 Å². The molecule has 0 bridgehead atoms. The summed E-state index contributed by atoms with van der Waals surface area (Å²) in [4.78, 5) is 14.3. The van der Waals surface area contributed by atoms with E-state index in [1.54, 1.807) is 6.08 Å². The average molecular weight is 291 g/mol. The van der Waals surface area contributed by atoms with Crippen LogP contribution in [0, 0.1) is 13.8 Å². The van der Waals surface area contributed by atoms with Gasteiger partial charge in [-0.3, -0.25) is 9.89 Å². The topological polar surface area (TPSA) is 58.2 Å². The Morgan fingerprint density at radius 1 is 1.62 bits per heavy atom. The maximum Gasteiger partial charge on any atom is 0.223 e. The second-order valence-electron chi connectivity index (χ2n) is 5.83. The number of nitrogens with one attached hydrogen (secondary N) is 1. The van der Waals surface area contributed by atoms with E-state index in [9.17, 15) is 4.79 Å². The number of aryl methyl sites for hydroxylation is 2. The van der Waals surface area contributed by atoms with Gasteiger partial charge < -0.3 is 9.64 Å². The number of aromatic nitrogens is 2. The fourth-order valence-electron chi connectivity index (χ4n) is 3.07. The minimum atomic E-state index is 0.152. The number of H-pyrrole nitrogens is 1. The summed E-state index contributed by atoms with van der Waals surface area (Å²) in [6.45, 7) is 11.8. The molecule has 1 saturated heterocycles. The van der Waals surface area contributed by atoms with E-state index in [1.807, 2.05) is 18.7 Å². The van der Waals surface area contributed by atoms with Crippen LogP contribution in [0.15, 0.2) is 12.7 Å². The lowest BCUT2D eigenvalue weighted by molar-refractivity contribution is -0.131. The Kier molecular flexibility index (Phi) is 5.17. The quantitative estimate of drug-likeness (QED) is 0.818. The van der Waals surface area contributed by atoms with Crippen molar-refractivity contribution in [3.63, 3.8) is 0 Å². The standard InChI is InChI=1S/C16H25N3O2/c1-5-8-21-14-6-7-19(10-14)15(20)9-11(2)16-12(3)17-18-13(16)4/h5,11,14H,1,6-10H2,2-4H3,(H,17,18)/t11-,14+/m0/s1. The monoisotopic (exact) mass is 291 g/mol. The summed E-state index contributed by atoms with van der Waals surface area (Å²) in [7, 11) is 0. The molecule has 0 saturated carbocycles. The van der Waals surface area contributed by atoms with E-state index in [0.717, 1.165) is 24.4 Å². The van der Waals surface area contributed by atoms with Crippen molar-refractivity contribution in [2.75, 3.05) is 19.7 Å². The Hall–Kier alpha value is -1.62. The van der Waals surface area contributed by atoms with E-state index in [-0.39, 0.29) is 17.9 Å². The van der Waals surface area contributed by atoms with E-state index in [1.165, 1.54) is 5.56 Å². The lowest BCUT2D eigenvalue weighted by atomic mass is 9.95. The van der Waals surface area contributed by atoms with Crippen LogP contribution in [0.2, 0.25) is 0 Å². The molecule has 0 radical (unpaired) electrons. The van der Waals surface area contributed by atoms with Crippen LogP contribution in [0.1, 0.15) is 42.6 Å². The van der Waals surface area contributed by atoms with Gasteiger partial charge in [0.15, 0.2) is 0 Å². The van der Waals surface area contributed by atoms with Crippen LogP contribution < -0.4 is 0 Å². The number of amides is 1. The highest BCUT2D eigenvalue weighted by atomic mass is 16.5. The molecule has 2 atom stereocenters. The minimum absolute atomic E-state index is 0.152. The predicted octanol–water partition coefficient (Wildman–Crippen LogP) is 2.32. The molecule has 0 aliphatic carbocycles. The second-order valence-corrected chi connectivity index (χ2v) is 5.83. The smallest absolute Gasteiger partial charge is 0.223 e. The molecule has 2 heterocycles. The summed E-state index contributed by atoms with van der Waals surface area (Å²) in [5.74, 6) is 0.386. The number of carbonyl (C=O) groups is 1. The molecule has 1 amide bonds. The zero-order valence-corrected chi connectivity index (χ0v) is 13.2. The third-order valence-electron chi connectivity index (χ3n) is 4.11. The maximum absolute atomic E-state index is 12.4. The fourth-order valence-corrected chi connectivity index (χ4v) is 3.07. The van der Waals surface area contributed by atoms with Gasteiger partial charge in [-0.25, -0.2) is 0 Å². The highest BCUT2D eigenvalue weighted by molar-refractivity contribution is 5.77. The molecule has 0 unspecified atom stereocenters. The number of carbonyl (C=O) groups excluding carboxylic acids is 1. The lowest BCUT2D eigenvalue weighted by Gasteiger charge is -2.19. The summed E-state index contributed by atoms with van der Waals surface area (Å²) in [6.07, 6.45) is 3.34. The Bertz CT molecular complexity index is 490. The molecule has 0 aromatic carbocycles. The minimum Gasteiger partial charge on any atom is -0.372 e. The molecule has 1 aliphatic heterocycles. The van der Waals surface area contributed by atoms with Crippen LogP contribution in [0.3, 0.4) is 0 Å². The van der Waals surface area contributed by atoms with E-state index >= 15 is 0 Å². The Labute approximate surface area is 126 Å². The van der Waals surface area contributed by atoms with Crippen LogP contribution in [0.4, 0.5) is 0 Å². The molecule has 1 fully saturated rings. The largest absolute Gasteiger partial charge is 0.372 e. The van der Waals surface area contributed by atoms with Crippen molar-refractivity contribution in [3.05, 3.63) is 29.6 Å². The van der Waals surface area contributed by atoms with Crippen LogP contribution in [0.25, 0.3) is 0 Å². The van der Waals surface area contributed by atoms with Crippen LogP contribution >= 0.6 is 0 Å². The molecule has 1 aliphatic rings. The summed E-state index contributed by atoms with van der Waals surface area (Å²) < 4.78 is 5.62. The van der Waals surface area contributed by atoms with E-state index in [4.69, 9.17) is 4.74 Å². The summed E-state index contributed by atoms with van der Waals surface area (Å²) in [5, 5.41) is 7.20. The average Bonchev–Trinajstić information content (AvgIpc) is 3.03. The molecule has 116 valence electrons. The molecule has 1 aromatic rings. The van der Waals surface area contributed by atoms with Crippen molar-refractivity contribution in [2.45, 2.75) is 45.6 Å². The molecular formula is C16H25N3O2. The summed E-state index contributed by atoms with van der Waals surface area (Å²) >= 11 is 0. The van der Waals surface area contributed by atoms with Gasteiger partial charge >= 0.3 is 0 Å². The van der Waals surface area contributed by atoms with Crippen molar-refractivity contribution in [1.82, 2.24) is 15.1 Å². The normalized spacial score (nSPS) is 19.8. The van der Waals surface area contributed by atoms with Gasteiger partial charge in [-0.2, -0.15) is 5.10 Å². The molecule has 5 heteroatoms. The Morgan fingerprint density at radius 3 is 3.00 bits per heavy atom. The zero-order chi connectivity index (χ0) is 15.4. The van der Waals surface area contributed by atoms with Crippen molar-refractivity contribution in [1.29, 1.82) is 0 Å². The van der Waals surface area contributed by atoms with Gasteiger partial charge in [0.2, 0.25) is 5.91 Å². The van der Waals surface area contributed by atoms with Gasteiger partial charge in [0.05, 0.1) is 18.4 Å². The van der Waals surface area contributed by atoms with Gasteiger partial charge in [-0.15, -0.1) is 6.58 Å². The van der Waals surface area contributed by atoms with Crippen molar-refractivity contribution >= 4 is 5.91 Å². The molecule has 0 spiro atoms. The highest BCUT2D eigenvalue weighted by Crippen LogP contribution is 2.26. The maximum atomic E-state index is 12.4. The van der Waals surface area contributed by atoms with E-state index in [0.29, 0.717) is 19.6 Å². The van der Waals surface area contributed by atoms with Crippen molar-refractivity contribution in [2.24, 2.45) is 0 Å². The van der Waals surface area contributed by atoms with Gasteiger partial charge in [0, 0.05) is 25.2 Å². The van der Waals surface area contributed by atoms with Crippen LogP contribution in [-0.4, -0.2) is 46.8 Å². The Morgan fingerprint density at radius 2 is 2.38 bits per heavy atom. The zero-order valence-electron chi connectivity index (χ0n) is 13.2. The predicted molar refractivity (Wildman–Crippen MR) is 82.2 cm³/mol. The lowest BCUT2D eigenvalue weighted by Crippen LogP contribution is -2.31. The van der Waals surface area contributed by atoms with Crippen molar-refractivity contribution in [3.8, 4) is 0 Å². The second kappa shape index (κ2) is 6.89. The first-order valence-electron chi connectivity index (χ1n) is 7.54. The molecule has 5 nitrogen and oxygen atoms in total. The van der Waals surface area contributed by atoms with E-state index < -0.39 is 0 Å². The highest BCUT2D eigenvalue weighted by Gasteiger charge is 2.28. The number of hydrogen-bond acceptors (Lipinski definition) is 3. The molecule has 2 rings (SSSR count). The summed E-state index contributed by atoms with van der Waals surface area (Å²) in [5.41, 5.74) is 3.21. The third kappa shape index (κ3) is 3.73. The third-order valence-corrected chi connectivity index (χ3v) is 4.11. The molecule has 1 N–H and O–H groups in total. The number of nitrogens with zero attached hydrogens (tertiary/aromatic N) is 2. The number of rotatable bonds is 6. The molecular weight excluding hydrogens is 266 g/mol. The number of aromatic amines is 1. The number of likely N-dealkylation sites (tertiary alicyclic amines) is 1. The first kappa shape index (κ1) is 15.8. The van der Waals surface area contributed by atoms with Crippen molar-refractivity contribution < 1.29 is 9.53 Å². The number of hydrogen-bond donors (Lipinski definition) is 1. The van der Waals surface area contributed by atoms with E-state index in [2.05, 4.69) is 23.7 Å². The SMILES string of the molecule is C=CCO[C@@H]1CCN(C(=O)C[C@H](C)c2c(C)n[nH]c2C)C1.